The molecular formula is C16H16N2O2S. The number of rotatable bonds is 4. The number of nitrogens with one attached hydrogen (secondary N) is 1. The molecule has 2 amide bonds. The molecule has 0 saturated carbocycles. The van der Waals surface area contributed by atoms with Crippen LogP contribution in [-0.2, 0) is 11.3 Å². The van der Waals surface area contributed by atoms with Crippen LogP contribution in [0.2, 0.25) is 0 Å². The Morgan fingerprint density at radius 2 is 2.05 bits per heavy atom. The molecule has 0 bridgehead atoms. The van der Waals surface area contributed by atoms with Gasteiger partial charge in [-0.3, -0.25) is 9.59 Å². The van der Waals surface area contributed by atoms with Gasteiger partial charge >= 0.3 is 0 Å². The molecular weight excluding hydrogens is 284 g/mol. The van der Waals surface area contributed by atoms with Crippen LogP contribution in [-0.4, -0.2) is 18.4 Å². The van der Waals surface area contributed by atoms with Gasteiger partial charge in [0.05, 0.1) is 4.88 Å². The molecule has 1 saturated heterocycles. The topological polar surface area (TPSA) is 49.4 Å². The zero-order chi connectivity index (χ0) is 14.7. The van der Waals surface area contributed by atoms with Crippen LogP contribution in [0.4, 0.5) is 5.69 Å². The van der Waals surface area contributed by atoms with E-state index in [9.17, 15) is 9.59 Å². The molecule has 1 aromatic heterocycles. The van der Waals surface area contributed by atoms with E-state index >= 15 is 0 Å². The van der Waals surface area contributed by atoms with Crippen molar-refractivity contribution in [1.82, 2.24) is 5.32 Å². The van der Waals surface area contributed by atoms with Crippen molar-refractivity contribution < 1.29 is 9.59 Å². The third kappa shape index (κ3) is 3.13. The van der Waals surface area contributed by atoms with E-state index in [0.29, 0.717) is 17.8 Å². The predicted octanol–water partition coefficient (Wildman–Crippen LogP) is 2.80. The Morgan fingerprint density at radius 1 is 1.24 bits per heavy atom. The standard InChI is InChI=1S/C16H16N2O2S/c19-15-4-1-9-18(15)13-7-5-12(6-8-13)11-17-16(20)14-3-2-10-21-14/h2-3,5-8,10H,1,4,9,11H2,(H,17,20). The van der Waals surface area contributed by atoms with Gasteiger partial charge in [0.1, 0.15) is 0 Å². The Bertz CT molecular complexity index is 635. The van der Waals surface area contributed by atoms with Crippen LogP contribution in [0.15, 0.2) is 41.8 Å². The Balaban J connectivity index is 1.60. The molecule has 1 aromatic carbocycles. The fourth-order valence-electron chi connectivity index (χ4n) is 2.39. The summed E-state index contributed by atoms with van der Waals surface area (Å²) in [4.78, 5) is 26.1. The molecule has 2 heterocycles. The summed E-state index contributed by atoms with van der Waals surface area (Å²) >= 11 is 1.43. The molecule has 21 heavy (non-hydrogen) atoms. The summed E-state index contributed by atoms with van der Waals surface area (Å²) in [5.74, 6) is 0.137. The minimum absolute atomic E-state index is 0.0520. The largest absolute Gasteiger partial charge is 0.347 e. The molecule has 2 aromatic rings. The van der Waals surface area contributed by atoms with Crippen LogP contribution >= 0.6 is 11.3 Å². The lowest BCUT2D eigenvalue weighted by molar-refractivity contribution is -0.117. The molecule has 4 nitrogen and oxygen atoms in total. The molecule has 1 N–H and O–H groups in total. The van der Waals surface area contributed by atoms with Gasteiger partial charge in [0, 0.05) is 25.2 Å². The lowest BCUT2D eigenvalue weighted by Gasteiger charge is -2.16. The minimum Gasteiger partial charge on any atom is -0.347 e. The van der Waals surface area contributed by atoms with Gasteiger partial charge in [-0.25, -0.2) is 0 Å². The fourth-order valence-corrected chi connectivity index (χ4v) is 3.03. The van der Waals surface area contributed by atoms with Gasteiger partial charge in [0.25, 0.3) is 5.91 Å². The molecule has 0 spiro atoms. The first-order valence-corrected chi connectivity index (χ1v) is 7.83. The number of amides is 2. The monoisotopic (exact) mass is 300 g/mol. The first-order valence-electron chi connectivity index (χ1n) is 6.95. The van der Waals surface area contributed by atoms with Gasteiger partial charge in [-0.05, 0) is 35.6 Å². The Labute approximate surface area is 127 Å². The number of benzene rings is 1. The summed E-state index contributed by atoms with van der Waals surface area (Å²) in [5, 5.41) is 4.78. The Hall–Kier alpha value is -2.14. The lowest BCUT2D eigenvalue weighted by Crippen LogP contribution is -2.24. The molecule has 1 aliphatic heterocycles. The number of hydrogen-bond acceptors (Lipinski definition) is 3. The zero-order valence-corrected chi connectivity index (χ0v) is 12.4. The van der Waals surface area contributed by atoms with Gasteiger partial charge in [0.15, 0.2) is 0 Å². The number of carbonyl (C=O) groups excluding carboxylic acids is 2. The molecule has 0 atom stereocenters. The van der Waals surface area contributed by atoms with Gasteiger partial charge in [0.2, 0.25) is 5.91 Å². The van der Waals surface area contributed by atoms with Crippen molar-refractivity contribution in [3.8, 4) is 0 Å². The van der Waals surface area contributed by atoms with Gasteiger partial charge in [-0.15, -0.1) is 11.3 Å². The normalized spacial score (nSPS) is 14.5. The molecule has 5 heteroatoms. The SMILES string of the molecule is O=C(NCc1ccc(N2CCCC2=O)cc1)c1cccs1. The smallest absolute Gasteiger partial charge is 0.261 e. The van der Waals surface area contributed by atoms with E-state index in [4.69, 9.17) is 0 Å². The number of thiophene rings is 1. The summed E-state index contributed by atoms with van der Waals surface area (Å²) in [7, 11) is 0. The van der Waals surface area contributed by atoms with Gasteiger partial charge in [-0.2, -0.15) is 0 Å². The van der Waals surface area contributed by atoms with Crippen molar-refractivity contribution >= 4 is 28.8 Å². The van der Waals surface area contributed by atoms with E-state index in [1.165, 1.54) is 11.3 Å². The average Bonchev–Trinajstić information content (AvgIpc) is 3.17. The maximum atomic E-state index is 11.8. The van der Waals surface area contributed by atoms with Gasteiger partial charge in [-0.1, -0.05) is 18.2 Å². The summed E-state index contributed by atoms with van der Waals surface area (Å²) < 4.78 is 0. The highest BCUT2D eigenvalue weighted by Crippen LogP contribution is 2.21. The van der Waals surface area contributed by atoms with E-state index in [-0.39, 0.29) is 11.8 Å². The van der Waals surface area contributed by atoms with E-state index in [1.54, 1.807) is 0 Å². The quantitative estimate of drug-likeness (QED) is 0.944. The highest BCUT2D eigenvalue weighted by atomic mass is 32.1. The number of hydrogen-bond donors (Lipinski definition) is 1. The zero-order valence-electron chi connectivity index (χ0n) is 11.5. The molecule has 1 aliphatic rings. The van der Waals surface area contributed by atoms with Gasteiger partial charge < -0.3 is 10.2 Å². The maximum Gasteiger partial charge on any atom is 0.261 e. The average molecular weight is 300 g/mol. The first-order chi connectivity index (χ1) is 10.2. The number of nitrogens with zero attached hydrogens (tertiary/aromatic N) is 1. The predicted molar refractivity (Wildman–Crippen MR) is 83.5 cm³/mol. The Morgan fingerprint density at radius 3 is 2.67 bits per heavy atom. The second-order valence-electron chi connectivity index (χ2n) is 4.98. The number of carbonyl (C=O) groups is 2. The Kier molecular flexibility index (Phi) is 4.01. The van der Waals surface area contributed by atoms with Crippen LogP contribution in [0, 0.1) is 0 Å². The molecule has 0 radical (unpaired) electrons. The van der Waals surface area contributed by atoms with E-state index < -0.39 is 0 Å². The third-order valence-corrected chi connectivity index (χ3v) is 4.39. The van der Waals surface area contributed by atoms with Crippen molar-refractivity contribution in [2.24, 2.45) is 0 Å². The molecule has 0 unspecified atom stereocenters. The van der Waals surface area contributed by atoms with E-state index in [0.717, 1.165) is 24.2 Å². The molecule has 108 valence electrons. The molecule has 1 fully saturated rings. The summed E-state index contributed by atoms with van der Waals surface area (Å²) in [6.45, 7) is 1.29. The first kappa shape index (κ1) is 13.8. The highest BCUT2D eigenvalue weighted by Gasteiger charge is 2.21. The van der Waals surface area contributed by atoms with Crippen molar-refractivity contribution in [3.05, 3.63) is 52.2 Å². The van der Waals surface area contributed by atoms with Crippen molar-refractivity contribution in [1.29, 1.82) is 0 Å². The highest BCUT2D eigenvalue weighted by molar-refractivity contribution is 7.12. The minimum atomic E-state index is -0.0520. The summed E-state index contributed by atoms with van der Waals surface area (Å²) in [5.41, 5.74) is 1.96. The molecule has 3 rings (SSSR count). The van der Waals surface area contributed by atoms with E-state index in [2.05, 4.69) is 5.32 Å². The van der Waals surface area contributed by atoms with Crippen molar-refractivity contribution in [3.63, 3.8) is 0 Å². The van der Waals surface area contributed by atoms with E-state index in [1.807, 2.05) is 46.7 Å². The summed E-state index contributed by atoms with van der Waals surface area (Å²) in [6.07, 6.45) is 1.57. The fraction of sp³-hybridized carbons (Fsp3) is 0.250. The van der Waals surface area contributed by atoms with Crippen LogP contribution in [0.25, 0.3) is 0 Å². The number of anilines is 1. The third-order valence-electron chi connectivity index (χ3n) is 3.52. The lowest BCUT2D eigenvalue weighted by atomic mass is 10.2. The van der Waals surface area contributed by atoms with Crippen LogP contribution < -0.4 is 10.2 Å². The van der Waals surface area contributed by atoms with Crippen LogP contribution in [0.3, 0.4) is 0 Å². The van der Waals surface area contributed by atoms with Crippen molar-refractivity contribution in [2.75, 3.05) is 11.4 Å². The van der Waals surface area contributed by atoms with Crippen LogP contribution in [0.5, 0.6) is 0 Å². The maximum absolute atomic E-state index is 11.8. The van der Waals surface area contributed by atoms with Crippen LogP contribution in [0.1, 0.15) is 28.1 Å². The molecule has 0 aliphatic carbocycles. The van der Waals surface area contributed by atoms with Crippen molar-refractivity contribution in [2.45, 2.75) is 19.4 Å². The second-order valence-corrected chi connectivity index (χ2v) is 5.92. The summed E-state index contributed by atoms with van der Waals surface area (Å²) in [6, 6.07) is 11.5. The second kappa shape index (κ2) is 6.10.